The monoisotopic (exact) mass is 1620 g/mol. The third-order valence-electron chi connectivity index (χ3n) is 19.8. The summed E-state index contributed by atoms with van der Waals surface area (Å²) in [6.45, 7) is 3.63. The van der Waals surface area contributed by atoms with Gasteiger partial charge in [-0.15, -0.1) is 0 Å². The number of benzene rings is 9. The molecule has 3 fully saturated rings. The number of sulfone groups is 3. The van der Waals surface area contributed by atoms with Crippen molar-refractivity contribution in [1.82, 2.24) is 16.4 Å². The van der Waals surface area contributed by atoms with E-state index in [2.05, 4.69) is 18.2 Å². The van der Waals surface area contributed by atoms with E-state index in [-0.39, 0.29) is 98.7 Å². The van der Waals surface area contributed by atoms with Crippen molar-refractivity contribution in [3.05, 3.63) is 250 Å². The molecule has 0 spiro atoms. The first-order valence-electron chi connectivity index (χ1n) is 35.7. The fraction of sp³-hybridized carbons (Fsp3) is 0.305. The van der Waals surface area contributed by atoms with E-state index in [1.165, 1.54) is 83.2 Å². The topological polar surface area (TPSA) is 306 Å². The van der Waals surface area contributed by atoms with Crippen LogP contribution in [0.3, 0.4) is 0 Å². The fourth-order valence-corrected chi connectivity index (χ4v) is 19.5. The average Bonchev–Trinajstić information content (AvgIpc) is 0.759. The molecule has 29 heteroatoms. The van der Waals surface area contributed by atoms with Crippen LogP contribution < -0.4 is 30.7 Å². The van der Waals surface area contributed by atoms with Gasteiger partial charge in [0.25, 0.3) is 17.7 Å². The molecule has 3 saturated heterocycles. The summed E-state index contributed by atoms with van der Waals surface area (Å²) in [7, 11) is -12.2. The zero-order valence-corrected chi connectivity index (χ0v) is 64.4. The highest BCUT2D eigenvalue weighted by Gasteiger charge is 2.55. The van der Waals surface area contributed by atoms with Gasteiger partial charge in [-0.25, -0.2) is 54.9 Å². The molecule has 12 rings (SSSR count). The van der Waals surface area contributed by atoms with Crippen LogP contribution in [0.25, 0.3) is 33.4 Å². The number of carbonyl (C=O) groups is 3. The normalized spacial score (nSPS) is 15.2. The lowest BCUT2D eigenvalue weighted by atomic mass is 9.98. The Morgan fingerprint density at radius 1 is 0.378 bits per heavy atom. The van der Waals surface area contributed by atoms with Gasteiger partial charge < -0.3 is 28.4 Å². The zero-order valence-electron chi connectivity index (χ0n) is 60.5. The fourth-order valence-electron chi connectivity index (χ4n) is 13.4. The Balaban J connectivity index is 0.000000177. The molecule has 6 N–H and O–H groups in total. The number of aryl methyl sites for hydroxylation is 4. The van der Waals surface area contributed by atoms with E-state index in [9.17, 15) is 52.8 Å². The van der Waals surface area contributed by atoms with Crippen LogP contribution in [0, 0.1) is 24.4 Å². The van der Waals surface area contributed by atoms with Crippen molar-refractivity contribution in [1.29, 1.82) is 0 Å². The van der Waals surface area contributed by atoms with Crippen LogP contribution in [0.15, 0.2) is 215 Å². The van der Waals surface area contributed by atoms with Crippen LogP contribution in [0.1, 0.15) is 80.0 Å². The Morgan fingerprint density at radius 3 is 0.982 bits per heavy atom. The highest BCUT2D eigenvalue weighted by Crippen LogP contribution is 2.40. The van der Waals surface area contributed by atoms with E-state index in [4.69, 9.17) is 67.2 Å². The van der Waals surface area contributed by atoms with Crippen LogP contribution in [-0.2, 0) is 77.4 Å². The molecule has 21 nitrogen and oxygen atoms in total. The lowest BCUT2D eigenvalue weighted by molar-refractivity contribution is -0.135. The first-order chi connectivity index (χ1) is 53.3. The molecule has 0 atom stereocenters. The summed E-state index contributed by atoms with van der Waals surface area (Å²) in [5, 5.41) is 28.5. The summed E-state index contributed by atoms with van der Waals surface area (Å²) < 4.78 is 148. The molecule has 3 amide bonds. The number of nitrogens with one attached hydrogen (secondary N) is 3. The van der Waals surface area contributed by atoms with Crippen molar-refractivity contribution < 1.29 is 96.9 Å². The van der Waals surface area contributed by atoms with Gasteiger partial charge in [0.05, 0.1) is 44.6 Å². The van der Waals surface area contributed by atoms with Gasteiger partial charge >= 0.3 is 0 Å². The van der Waals surface area contributed by atoms with Crippen molar-refractivity contribution in [2.24, 2.45) is 0 Å². The number of rotatable bonds is 27. The van der Waals surface area contributed by atoms with E-state index in [0.717, 1.165) is 76.3 Å². The molecule has 3 aliphatic rings. The number of amides is 3. The molecule has 0 bridgehead atoms. The van der Waals surface area contributed by atoms with Gasteiger partial charge in [0.2, 0.25) is 0 Å². The minimum Gasteiger partial charge on any atom is -0.494 e. The molecular weight excluding hydrogens is 1540 g/mol. The summed E-state index contributed by atoms with van der Waals surface area (Å²) >= 11 is 12.2. The van der Waals surface area contributed by atoms with Crippen molar-refractivity contribution in [2.45, 2.75) is 113 Å². The van der Waals surface area contributed by atoms with Crippen molar-refractivity contribution in [2.75, 3.05) is 59.5 Å². The lowest BCUT2D eigenvalue weighted by Gasteiger charge is -2.34. The van der Waals surface area contributed by atoms with Gasteiger partial charge in [0, 0.05) is 39.6 Å². The van der Waals surface area contributed by atoms with E-state index in [0.29, 0.717) is 71.1 Å². The van der Waals surface area contributed by atoms with Crippen LogP contribution in [0.2, 0.25) is 10.0 Å². The van der Waals surface area contributed by atoms with Gasteiger partial charge in [0.15, 0.2) is 55.4 Å². The van der Waals surface area contributed by atoms with Crippen LogP contribution >= 0.6 is 23.2 Å². The number of halogens is 5. The Kier molecular flexibility index (Phi) is 29.1. The highest BCUT2D eigenvalue weighted by molar-refractivity contribution is 7.94. The summed E-state index contributed by atoms with van der Waals surface area (Å²) in [4.78, 5) is 37.0. The van der Waals surface area contributed by atoms with Crippen molar-refractivity contribution in [3.63, 3.8) is 0 Å². The van der Waals surface area contributed by atoms with Gasteiger partial charge in [-0.05, 0) is 249 Å². The summed E-state index contributed by atoms with van der Waals surface area (Å²) in [5.41, 5.74) is 13.8. The van der Waals surface area contributed by atoms with Gasteiger partial charge in [-0.2, -0.15) is 0 Å². The maximum absolute atomic E-state index is 13.6. The molecule has 0 radical (unpaired) electrons. The molecule has 588 valence electrons. The molecule has 9 aromatic carbocycles. The summed E-state index contributed by atoms with van der Waals surface area (Å²) in [5.74, 6) is -3.35. The lowest BCUT2D eigenvalue weighted by Crippen LogP contribution is -2.54. The molecule has 0 saturated carbocycles. The Morgan fingerprint density at radius 2 is 0.676 bits per heavy atom. The second kappa shape index (κ2) is 38.3. The number of hydrogen-bond donors (Lipinski definition) is 6. The quantitative estimate of drug-likeness (QED) is 0.0158. The molecule has 111 heavy (non-hydrogen) atoms. The van der Waals surface area contributed by atoms with Gasteiger partial charge in [-0.1, -0.05) is 114 Å². The third-order valence-corrected chi connectivity index (χ3v) is 28.1. The minimum atomic E-state index is -4.10. The largest absolute Gasteiger partial charge is 0.494 e. The van der Waals surface area contributed by atoms with Gasteiger partial charge in [-0.3, -0.25) is 30.0 Å². The average molecular weight is 1620 g/mol. The predicted octanol–water partition coefficient (Wildman–Crippen LogP) is 14.6. The van der Waals surface area contributed by atoms with E-state index in [1.54, 1.807) is 43.3 Å². The standard InChI is InChI=1S/C28H30FNO6S.C27H27Cl2NO6S.C27H27F2NO6S/c1-20-18-23(7-12-26(20)29)22-6-2-4-21(19-22)5-3-15-36-24-8-10-25(11-9-24)37(33,34)28(27(31)30-32)13-16-35-17-14-28;2*28-24-11-6-21(18-25(24)29)20-5-1-3-19(17-20)4-2-14-36-22-7-9-23(10-8-22)37(33,34)27(26(31)30-32)12-15-35-16-13-27/h2,4,6-12,18-19,32H,3,5,13-17H2,1H3,(H,30,31);2*1,3,5-11,17-18,32H,2,4,12-16H2,(H,30,31). The smallest absolute Gasteiger partial charge is 0.265 e. The van der Waals surface area contributed by atoms with Gasteiger partial charge in [0.1, 0.15) is 23.1 Å². The first kappa shape index (κ1) is 84.2. The molecule has 3 aliphatic heterocycles. The van der Waals surface area contributed by atoms with Crippen molar-refractivity contribution in [3.8, 4) is 50.6 Å². The van der Waals surface area contributed by atoms with Crippen LogP contribution in [0.4, 0.5) is 13.2 Å². The van der Waals surface area contributed by atoms with E-state index >= 15 is 0 Å². The maximum Gasteiger partial charge on any atom is 0.265 e. The predicted molar refractivity (Wildman–Crippen MR) is 411 cm³/mol. The molecule has 0 aromatic heterocycles. The first-order valence-corrected chi connectivity index (χ1v) is 40.9. The second-order valence-electron chi connectivity index (χ2n) is 26.7. The molecule has 3 heterocycles. The molecule has 0 aliphatic carbocycles. The SMILES string of the molecule is Cc1cc(-c2cccc(CCCOc3ccc(S(=O)(=O)C4(C(=O)NO)CCOCC4)cc3)c2)ccc1F.O=C(NO)C1(S(=O)(=O)c2ccc(OCCCc3cccc(-c4ccc(Cl)c(Cl)c4)c3)cc2)CCOCC1.O=C(NO)C1(S(=O)(=O)c2ccc(OCCCc3cccc(-c4ccc(F)c(F)c4)c3)cc2)CCOCC1. The Bertz CT molecular complexity index is 4570. The summed E-state index contributed by atoms with van der Waals surface area (Å²) in [6.07, 6.45) is 4.16. The molecule has 0 unspecified atom stereocenters. The number of carbonyl (C=O) groups excluding carboxylic acids is 3. The Hall–Kier alpha value is -9.23. The maximum atomic E-state index is 13.6. The van der Waals surface area contributed by atoms with E-state index in [1.807, 2.05) is 72.8 Å². The number of ether oxygens (including phenoxy) is 6. The zero-order chi connectivity index (χ0) is 79.4. The Labute approximate surface area is 652 Å². The van der Waals surface area contributed by atoms with Crippen LogP contribution in [-0.4, -0.2) is 132 Å². The molecular formula is C82H84Cl2F3N3O18S3. The van der Waals surface area contributed by atoms with Crippen molar-refractivity contribution >= 4 is 70.4 Å². The number of hydrogen-bond acceptors (Lipinski definition) is 18. The minimum absolute atomic E-state index is 0.00975. The van der Waals surface area contributed by atoms with E-state index < -0.39 is 73.1 Å². The summed E-state index contributed by atoms with van der Waals surface area (Å²) in [6, 6.07) is 56.0. The second-order valence-corrected chi connectivity index (χ2v) is 34.3. The number of hydroxylamine groups is 3. The third kappa shape index (κ3) is 20.0. The van der Waals surface area contributed by atoms with Crippen LogP contribution in [0.5, 0.6) is 17.2 Å². The highest BCUT2D eigenvalue weighted by atomic mass is 35.5. The molecule has 9 aromatic rings.